The van der Waals surface area contributed by atoms with E-state index >= 15 is 0 Å². The first-order valence-electron chi connectivity index (χ1n) is 10.6. The minimum atomic E-state index is -0.0177. The molecule has 0 aromatic heterocycles. The Bertz CT molecular complexity index is 1030. The van der Waals surface area contributed by atoms with Crippen molar-refractivity contribution in [2.45, 2.75) is 39.0 Å². The molecule has 0 saturated heterocycles. The van der Waals surface area contributed by atoms with Gasteiger partial charge in [0.05, 0.1) is 15.6 Å². The van der Waals surface area contributed by atoms with Crippen molar-refractivity contribution in [1.82, 2.24) is 0 Å². The van der Waals surface area contributed by atoms with Crippen molar-refractivity contribution < 1.29 is 9.90 Å². The summed E-state index contributed by atoms with van der Waals surface area (Å²) in [6.45, 7) is 2.09. The second-order valence-electron chi connectivity index (χ2n) is 8.71. The highest BCUT2D eigenvalue weighted by Crippen LogP contribution is 2.57. The van der Waals surface area contributed by atoms with Crippen molar-refractivity contribution in [2.24, 2.45) is 23.7 Å². The number of halogens is 2. The molecular weight excluding hydrogens is 403 g/mol. The highest BCUT2D eigenvalue weighted by atomic mass is 35.5. The van der Waals surface area contributed by atoms with Crippen LogP contribution >= 0.6 is 23.2 Å². The molecule has 2 aromatic rings. The van der Waals surface area contributed by atoms with E-state index in [-0.39, 0.29) is 17.6 Å². The molecule has 4 aliphatic carbocycles. The van der Waals surface area contributed by atoms with E-state index in [1.807, 2.05) is 18.2 Å². The number of fused-ring (bicyclic) bond motifs is 2. The first kappa shape index (κ1) is 19.2. The summed E-state index contributed by atoms with van der Waals surface area (Å²) in [5.74, 6) is 1.40. The lowest BCUT2D eigenvalue weighted by molar-refractivity contribution is -0.123. The van der Waals surface area contributed by atoms with Crippen LogP contribution in [0.5, 0.6) is 0 Å². The van der Waals surface area contributed by atoms with E-state index in [2.05, 4.69) is 19.1 Å². The van der Waals surface area contributed by atoms with Crippen molar-refractivity contribution in [2.75, 3.05) is 0 Å². The molecule has 3 fully saturated rings. The van der Waals surface area contributed by atoms with Gasteiger partial charge in [-0.15, -0.1) is 0 Å². The van der Waals surface area contributed by atoms with Crippen LogP contribution in [0, 0.1) is 23.7 Å². The number of aliphatic hydroxyl groups is 1. The standard InChI is InChI=1S/C25H24Cl2O2/c1-2-13-3-8-16(17-9-10-19(26)20(27)12-17)11-18(13)23-24(28)21-14-4-5-15(7-6-14)22(21)25(23)29/h3,8-12,14-15,21-22,28H,2,4-7H2,1H3/t14-,15+,21-,22+/m0/s1. The fraction of sp³-hybridized carbons (Fsp3) is 0.400. The average Bonchev–Trinajstić information content (AvgIpc) is 3.03. The lowest BCUT2D eigenvalue weighted by atomic mass is 9.59. The Kier molecular flexibility index (Phi) is 4.75. The molecule has 2 aromatic carbocycles. The second kappa shape index (κ2) is 7.18. The Morgan fingerprint density at radius 1 is 0.897 bits per heavy atom. The summed E-state index contributed by atoms with van der Waals surface area (Å²) in [6, 6.07) is 11.7. The molecule has 1 N–H and O–H groups in total. The summed E-state index contributed by atoms with van der Waals surface area (Å²) in [6.07, 6.45) is 5.34. The van der Waals surface area contributed by atoms with Gasteiger partial charge in [0, 0.05) is 11.8 Å². The number of Topliss-reactive ketones (excluding diaryl/α,β-unsaturated/α-hetero) is 1. The summed E-state index contributed by atoms with van der Waals surface area (Å²) in [4.78, 5) is 13.5. The van der Waals surface area contributed by atoms with Crippen molar-refractivity contribution in [3.05, 3.63) is 63.3 Å². The third kappa shape index (κ3) is 2.95. The predicted molar refractivity (Wildman–Crippen MR) is 118 cm³/mol. The van der Waals surface area contributed by atoms with Gasteiger partial charge in [0.1, 0.15) is 5.76 Å². The third-order valence-corrected chi connectivity index (χ3v) is 8.09. The number of hydrogen-bond donors (Lipinski definition) is 1. The van der Waals surface area contributed by atoms with Crippen LogP contribution in [-0.2, 0) is 11.2 Å². The lowest BCUT2D eigenvalue weighted by Gasteiger charge is -2.44. The molecule has 150 valence electrons. The Morgan fingerprint density at radius 3 is 2.14 bits per heavy atom. The summed E-state index contributed by atoms with van der Waals surface area (Å²) in [5.41, 5.74) is 4.47. The molecule has 0 amide bonds. The summed E-state index contributed by atoms with van der Waals surface area (Å²) in [5, 5.41) is 12.2. The molecule has 0 radical (unpaired) electrons. The SMILES string of the molecule is CCc1ccc(-c2ccc(Cl)c(Cl)c2)cc1C1=C(O)[C@H]2[C@H]3CC[C@H](CC3)[C@H]2C1=O. The Hall–Kier alpha value is -1.77. The van der Waals surface area contributed by atoms with Crippen molar-refractivity contribution in [3.63, 3.8) is 0 Å². The van der Waals surface area contributed by atoms with Crippen LogP contribution in [0.1, 0.15) is 43.7 Å². The molecule has 4 heteroatoms. The lowest BCUT2D eigenvalue weighted by Crippen LogP contribution is -2.41. The molecule has 0 aliphatic heterocycles. The largest absolute Gasteiger partial charge is 0.511 e. The number of hydrogen-bond acceptors (Lipinski definition) is 2. The van der Waals surface area contributed by atoms with E-state index in [0.29, 0.717) is 33.2 Å². The van der Waals surface area contributed by atoms with Crippen LogP contribution in [0.4, 0.5) is 0 Å². The number of carbonyl (C=O) groups excluding carboxylic acids is 1. The van der Waals surface area contributed by atoms with Crippen LogP contribution in [0.25, 0.3) is 16.7 Å². The molecule has 6 rings (SSSR count). The normalized spacial score (nSPS) is 28.2. The van der Waals surface area contributed by atoms with Crippen molar-refractivity contribution >= 4 is 34.6 Å². The topological polar surface area (TPSA) is 37.3 Å². The van der Waals surface area contributed by atoms with Gasteiger partial charge in [-0.05, 0) is 84.4 Å². The van der Waals surface area contributed by atoms with E-state index < -0.39 is 0 Å². The Balaban J connectivity index is 1.63. The van der Waals surface area contributed by atoms with E-state index in [4.69, 9.17) is 23.2 Å². The summed E-state index contributed by atoms with van der Waals surface area (Å²) >= 11 is 12.3. The molecular formula is C25H24Cl2O2. The van der Waals surface area contributed by atoms with Gasteiger partial charge in [-0.25, -0.2) is 0 Å². The number of rotatable bonds is 3. The van der Waals surface area contributed by atoms with Gasteiger partial charge >= 0.3 is 0 Å². The summed E-state index contributed by atoms with van der Waals surface area (Å²) < 4.78 is 0. The van der Waals surface area contributed by atoms with Crippen LogP contribution in [0.2, 0.25) is 10.0 Å². The highest BCUT2D eigenvalue weighted by Gasteiger charge is 2.54. The van der Waals surface area contributed by atoms with Gasteiger partial charge in [0.25, 0.3) is 0 Å². The maximum absolute atomic E-state index is 13.5. The molecule has 2 nitrogen and oxygen atoms in total. The molecule has 0 heterocycles. The van der Waals surface area contributed by atoms with Gasteiger partial charge in [-0.1, -0.05) is 48.3 Å². The minimum absolute atomic E-state index is 0.0177. The third-order valence-electron chi connectivity index (χ3n) is 7.35. The quantitative estimate of drug-likeness (QED) is 0.566. The molecule has 4 aliphatic rings. The zero-order valence-corrected chi connectivity index (χ0v) is 17.9. The fourth-order valence-electron chi connectivity index (χ4n) is 5.92. The molecule has 2 bridgehead atoms. The molecule has 2 atom stereocenters. The maximum Gasteiger partial charge on any atom is 0.170 e. The smallest absolute Gasteiger partial charge is 0.170 e. The Morgan fingerprint density at radius 2 is 1.52 bits per heavy atom. The zero-order valence-electron chi connectivity index (χ0n) is 16.4. The van der Waals surface area contributed by atoms with Crippen LogP contribution in [-0.4, -0.2) is 10.9 Å². The average molecular weight is 427 g/mol. The van der Waals surface area contributed by atoms with Gasteiger partial charge in [0.15, 0.2) is 5.78 Å². The summed E-state index contributed by atoms with van der Waals surface area (Å²) in [7, 11) is 0. The van der Waals surface area contributed by atoms with Crippen LogP contribution in [0.3, 0.4) is 0 Å². The van der Waals surface area contributed by atoms with Crippen molar-refractivity contribution in [1.29, 1.82) is 0 Å². The first-order chi connectivity index (χ1) is 14.0. The molecule has 3 saturated carbocycles. The molecule has 0 unspecified atom stereocenters. The van der Waals surface area contributed by atoms with E-state index in [9.17, 15) is 9.90 Å². The fourth-order valence-corrected chi connectivity index (χ4v) is 6.22. The number of aliphatic hydroxyl groups excluding tert-OH is 1. The zero-order chi connectivity index (χ0) is 20.3. The van der Waals surface area contributed by atoms with Crippen molar-refractivity contribution in [3.8, 4) is 11.1 Å². The molecule has 0 spiro atoms. The number of carbonyl (C=O) groups is 1. The molecule has 29 heavy (non-hydrogen) atoms. The van der Waals surface area contributed by atoms with Gasteiger partial charge in [-0.2, -0.15) is 0 Å². The van der Waals surface area contributed by atoms with Crippen LogP contribution < -0.4 is 0 Å². The van der Waals surface area contributed by atoms with Gasteiger partial charge in [-0.3, -0.25) is 4.79 Å². The minimum Gasteiger partial charge on any atom is -0.511 e. The number of allylic oxidation sites excluding steroid dienone is 2. The van der Waals surface area contributed by atoms with E-state index in [1.54, 1.807) is 6.07 Å². The Labute approximate surface area is 181 Å². The van der Waals surface area contributed by atoms with Crippen LogP contribution in [0.15, 0.2) is 42.2 Å². The predicted octanol–water partition coefficient (Wildman–Crippen LogP) is 7.13. The van der Waals surface area contributed by atoms with Gasteiger partial charge < -0.3 is 5.11 Å². The maximum atomic E-state index is 13.5. The first-order valence-corrected chi connectivity index (χ1v) is 11.3. The number of ketones is 1. The number of benzene rings is 2. The monoisotopic (exact) mass is 426 g/mol. The number of aryl methyl sites for hydroxylation is 1. The second-order valence-corrected chi connectivity index (χ2v) is 9.52. The van der Waals surface area contributed by atoms with E-state index in [1.165, 1.54) is 0 Å². The van der Waals surface area contributed by atoms with E-state index in [0.717, 1.165) is 54.4 Å². The van der Waals surface area contributed by atoms with Gasteiger partial charge in [0.2, 0.25) is 0 Å². The highest BCUT2D eigenvalue weighted by molar-refractivity contribution is 6.42.